The average Bonchev–Trinajstić information content (AvgIpc) is 3.16. The first kappa shape index (κ1) is 16.5. The summed E-state index contributed by atoms with van der Waals surface area (Å²) < 4.78 is 1.94. The van der Waals surface area contributed by atoms with Crippen LogP contribution in [0.4, 0.5) is 4.79 Å². The number of aliphatic hydroxyl groups is 1. The SMILES string of the molecule is C[C@H](NC(=O)N1CCC[C@H](CO)C1)c1cccc(-n2ccnc2)c1. The predicted octanol–water partition coefficient (Wildman–Crippen LogP) is 2.35. The van der Waals surface area contributed by atoms with E-state index in [4.69, 9.17) is 0 Å². The number of hydrogen-bond acceptors (Lipinski definition) is 3. The van der Waals surface area contributed by atoms with E-state index in [2.05, 4.69) is 16.4 Å². The second kappa shape index (κ2) is 7.49. The van der Waals surface area contributed by atoms with E-state index in [-0.39, 0.29) is 24.6 Å². The minimum atomic E-state index is -0.0875. The highest BCUT2D eigenvalue weighted by Gasteiger charge is 2.24. The van der Waals surface area contributed by atoms with Crippen LogP contribution in [0.5, 0.6) is 0 Å². The fourth-order valence-electron chi connectivity index (χ4n) is 3.12. The summed E-state index contributed by atoms with van der Waals surface area (Å²) >= 11 is 0. The van der Waals surface area contributed by atoms with E-state index in [0.29, 0.717) is 6.54 Å². The zero-order chi connectivity index (χ0) is 16.9. The number of urea groups is 1. The molecule has 0 saturated carbocycles. The van der Waals surface area contributed by atoms with Gasteiger partial charge < -0.3 is 19.9 Å². The Morgan fingerprint density at radius 2 is 2.38 bits per heavy atom. The number of amides is 2. The highest BCUT2D eigenvalue weighted by atomic mass is 16.3. The molecule has 2 N–H and O–H groups in total. The summed E-state index contributed by atoms with van der Waals surface area (Å²) in [5.74, 6) is 0.198. The smallest absolute Gasteiger partial charge is 0.317 e. The number of nitrogens with one attached hydrogen (secondary N) is 1. The van der Waals surface area contributed by atoms with Crippen molar-refractivity contribution in [3.63, 3.8) is 0 Å². The van der Waals surface area contributed by atoms with Gasteiger partial charge >= 0.3 is 6.03 Å². The van der Waals surface area contributed by atoms with Crippen molar-refractivity contribution >= 4 is 6.03 Å². The second-order valence-electron chi connectivity index (χ2n) is 6.37. The first-order valence-corrected chi connectivity index (χ1v) is 8.42. The largest absolute Gasteiger partial charge is 0.396 e. The highest BCUT2D eigenvalue weighted by Crippen LogP contribution is 2.19. The van der Waals surface area contributed by atoms with E-state index in [0.717, 1.165) is 30.6 Å². The molecule has 6 heteroatoms. The molecule has 1 aliphatic rings. The summed E-state index contributed by atoms with van der Waals surface area (Å²) in [7, 11) is 0. The van der Waals surface area contributed by atoms with Crippen molar-refractivity contribution in [3.05, 3.63) is 48.5 Å². The first-order valence-electron chi connectivity index (χ1n) is 8.42. The lowest BCUT2D eigenvalue weighted by Gasteiger charge is -2.32. The molecule has 1 fully saturated rings. The lowest BCUT2D eigenvalue weighted by atomic mass is 9.99. The maximum Gasteiger partial charge on any atom is 0.317 e. The van der Waals surface area contributed by atoms with E-state index in [1.807, 2.05) is 35.9 Å². The Morgan fingerprint density at radius 3 is 3.12 bits per heavy atom. The molecule has 1 saturated heterocycles. The number of rotatable bonds is 4. The zero-order valence-corrected chi connectivity index (χ0v) is 13.9. The zero-order valence-electron chi connectivity index (χ0n) is 13.9. The molecule has 1 aromatic carbocycles. The third-order valence-corrected chi connectivity index (χ3v) is 4.58. The third-order valence-electron chi connectivity index (χ3n) is 4.58. The van der Waals surface area contributed by atoms with Crippen molar-refractivity contribution in [2.24, 2.45) is 5.92 Å². The van der Waals surface area contributed by atoms with Gasteiger partial charge in [-0.25, -0.2) is 9.78 Å². The second-order valence-corrected chi connectivity index (χ2v) is 6.37. The van der Waals surface area contributed by atoms with Crippen LogP contribution >= 0.6 is 0 Å². The number of carbonyl (C=O) groups excluding carboxylic acids is 1. The molecular weight excluding hydrogens is 304 g/mol. The van der Waals surface area contributed by atoms with E-state index >= 15 is 0 Å². The van der Waals surface area contributed by atoms with Crippen LogP contribution < -0.4 is 5.32 Å². The Balaban J connectivity index is 1.65. The predicted molar refractivity (Wildman–Crippen MR) is 91.9 cm³/mol. The van der Waals surface area contributed by atoms with Crippen molar-refractivity contribution in [2.45, 2.75) is 25.8 Å². The first-order chi connectivity index (χ1) is 11.7. The molecule has 1 aliphatic heterocycles. The van der Waals surface area contributed by atoms with Crippen molar-refractivity contribution < 1.29 is 9.90 Å². The van der Waals surface area contributed by atoms with E-state index < -0.39 is 0 Å². The van der Waals surface area contributed by atoms with Gasteiger partial charge in [0.1, 0.15) is 0 Å². The van der Waals surface area contributed by atoms with E-state index in [9.17, 15) is 9.90 Å². The molecule has 2 atom stereocenters. The Labute approximate surface area is 142 Å². The number of nitrogens with zero attached hydrogens (tertiary/aromatic N) is 3. The molecule has 24 heavy (non-hydrogen) atoms. The number of aromatic nitrogens is 2. The van der Waals surface area contributed by atoms with Gasteiger partial charge in [0.2, 0.25) is 0 Å². The summed E-state index contributed by atoms with van der Waals surface area (Å²) in [6, 6.07) is 7.91. The number of imidazole rings is 1. The molecule has 6 nitrogen and oxygen atoms in total. The molecule has 128 valence electrons. The minimum Gasteiger partial charge on any atom is -0.396 e. The molecule has 0 aliphatic carbocycles. The van der Waals surface area contributed by atoms with Gasteiger partial charge in [-0.2, -0.15) is 0 Å². The van der Waals surface area contributed by atoms with Gasteiger partial charge in [-0.1, -0.05) is 12.1 Å². The highest BCUT2D eigenvalue weighted by molar-refractivity contribution is 5.74. The topological polar surface area (TPSA) is 70.4 Å². The number of piperidine rings is 1. The number of aliphatic hydroxyl groups excluding tert-OH is 1. The molecule has 3 rings (SSSR count). The normalized spacial score (nSPS) is 19.1. The Hall–Kier alpha value is -2.34. The lowest BCUT2D eigenvalue weighted by Crippen LogP contribution is -2.46. The van der Waals surface area contributed by atoms with Gasteiger partial charge in [0, 0.05) is 37.8 Å². The van der Waals surface area contributed by atoms with E-state index in [1.165, 1.54) is 0 Å². The Bertz CT molecular complexity index is 671. The summed E-state index contributed by atoms with van der Waals surface area (Å²) in [4.78, 5) is 18.3. The van der Waals surface area contributed by atoms with Crippen LogP contribution in [-0.4, -0.2) is 45.3 Å². The van der Waals surface area contributed by atoms with Crippen LogP contribution in [-0.2, 0) is 0 Å². The number of hydrogen-bond donors (Lipinski definition) is 2. The lowest BCUT2D eigenvalue weighted by molar-refractivity contribution is 0.128. The molecule has 1 aromatic heterocycles. The van der Waals surface area contributed by atoms with Crippen LogP contribution in [0.15, 0.2) is 43.0 Å². The number of likely N-dealkylation sites (tertiary alicyclic amines) is 1. The van der Waals surface area contributed by atoms with E-state index in [1.54, 1.807) is 17.4 Å². The van der Waals surface area contributed by atoms with Gasteiger partial charge in [0.15, 0.2) is 0 Å². The van der Waals surface area contributed by atoms with Crippen molar-refractivity contribution in [2.75, 3.05) is 19.7 Å². The Morgan fingerprint density at radius 1 is 1.50 bits per heavy atom. The third kappa shape index (κ3) is 3.76. The maximum absolute atomic E-state index is 12.5. The monoisotopic (exact) mass is 328 g/mol. The summed E-state index contributed by atoms with van der Waals surface area (Å²) in [6.07, 6.45) is 7.33. The quantitative estimate of drug-likeness (QED) is 0.905. The van der Waals surface area contributed by atoms with Crippen molar-refractivity contribution in [1.82, 2.24) is 19.8 Å². The number of carbonyl (C=O) groups is 1. The minimum absolute atomic E-state index is 0.0614. The van der Waals surface area contributed by atoms with Crippen LogP contribution in [0.25, 0.3) is 5.69 Å². The van der Waals surface area contributed by atoms with Gasteiger partial charge in [-0.05, 0) is 43.4 Å². The van der Waals surface area contributed by atoms with Crippen LogP contribution in [0.1, 0.15) is 31.4 Å². The fourth-order valence-corrected chi connectivity index (χ4v) is 3.12. The molecular formula is C18H24N4O2. The van der Waals surface area contributed by atoms with Gasteiger partial charge in [0.05, 0.1) is 12.4 Å². The molecule has 0 spiro atoms. The molecule has 0 unspecified atom stereocenters. The summed E-state index contributed by atoms with van der Waals surface area (Å²) in [5.41, 5.74) is 2.06. The number of benzene rings is 1. The maximum atomic E-state index is 12.5. The van der Waals surface area contributed by atoms with Crippen LogP contribution in [0.2, 0.25) is 0 Å². The standard InChI is InChI=1S/C18H24N4O2/c1-14(20-18(24)21-8-3-4-15(11-21)12-23)16-5-2-6-17(10-16)22-9-7-19-13-22/h2,5-7,9-10,13-15,23H,3-4,8,11-12H2,1H3,(H,20,24)/t14-,15-/m0/s1. The summed E-state index contributed by atoms with van der Waals surface area (Å²) in [5, 5.41) is 12.4. The van der Waals surface area contributed by atoms with Crippen molar-refractivity contribution in [1.29, 1.82) is 0 Å². The van der Waals surface area contributed by atoms with Gasteiger partial charge in [-0.15, -0.1) is 0 Å². The van der Waals surface area contributed by atoms with Crippen molar-refractivity contribution in [3.8, 4) is 5.69 Å². The van der Waals surface area contributed by atoms with Crippen LogP contribution in [0, 0.1) is 5.92 Å². The van der Waals surface area contributed by atoms with Gasteiger partial charge in [-0.3, -0.25) is 0 Å². The molecule has 2 heterocycles. The van der Waals surface area contributed by atoms with Gasteiger partial charge in [0.25, 0.3) is 0 Å². The summed E-state index contributed by atoms with van der Waals surface area (Å²) in [6.45, 7) is 3.51. The Kier molecular flexibility index (Phi) is 5.15. The van der Waals surface area contributed by atoms with Crippen LogP contribution in [0.3, 0.4) is 0 Å². The molecule has 0 radical (unpaired) electrons. The molecule has 2 amide bonds. The average molecular weight is 328 g/mol. The molecule has 2 aromatic rings. The molecule has 0 bridgehead atoms. The fraction of sp³-hybridized carbons (Fsp3) is 0.444.